The molecule has 2 aromatic heterocycles. The quantitative estimate of drug-likeness (QED) is 0.595. The standard InChI is InChI=1S/C19H14F4N6O2.H2S/c1-10-9-28(11-2-3-13(14(20)6-11)19(21,22)23)18(31)16-12(7-26-29(10)16)17(30)27-15-8-24-4-5-25-15;/h2-8,10H,9H2,1H3,(H,25,27,30);1H2/t10-;/m0./s1. The van der Waals surface area contributed by atoms with Crippen molar-refractivity contribution in [2.75, 3.05) is 16.8 Å². The van der Waals surface area contributed by atoms with E-state index in [4.69, 9.17) is 0 Å². The van der Waals surface area contributed by atoms with Crippen molar-refractivity contribution in [2.24, 2.45) is 0 Å². The van der Waals surface area contributed by atoms with Crippen LogP contribution < -0.4 is 10.2 Å². The van der Waals surface area contributed by atoms with E-state index in [9.17, 15) is 27.2 Å². The number of anilines is 2. The first-order valence-electron chi connectivity index (χ1n) is 9.00. The Morgan fingerprint density at radius 1 is 1.22 bits per heavy atom. The highest BCUT2D eigenvalue weighted by Gasteiger charge is 2.37. The van der Waals surface area contributed by atoms with Crippen LogP contribution in [0.2, 0.25) is 0 Å². The highest BCUT2D eigenvalue weighted by molar-refractivity contribution is 7.59. The number of rotatable bonds is 3. The molecule has 168 valence electrons. The van der Waals surface area contributed by atoms with E-state index in [0.29, 0.717) is 12.1 Å². The molecule has 0 radical (unpaired) electrons. The number of benzene rings is 1. The molecule has 13 heteroatoms. The fourth-order valence-corrected chi connectivity index (χ4v) is 3.30. The van der Waals surface area contributed by atoms with Crippen molar-refractivity contribution in [3.63, 3.8) is 0 Å². The second-order valence-corrected chi connectivity index (χ2v) is 6.82. The molecular weight excluding hydrogens is 452 g/mol. The van der Waals surface area contributed by atoms with Gasteiger partial charge in [-0.25, -0.2) is 9.37 Å². The molecule has 0 aliphatic carbocycles. The third-order valence-electron chi connectivity index (χ3n) is 4.73. The van der Waals surface area contributed by atoms with Crippen LogP contribution in [0.3, 0.4) is 0 Å². The minimum absolute atomic E-state index is 0. The zero-order valence-corrected chi connectivity index (χ0v) is 17.4. The largest absolute Gasteiger partial charge is 0.419 e. The van der Waals surface area contributed by atoms with Crippen molar-refractivity contribution in [3.8, 4) is 0 Å². The number of nitrogens with one attached hydrogen (secondary N) is 1. The summed E-state index contributed by atoms with van der Waals surface area (Å²) in [5.74, 6) is -2.70. The number of amides is 2. The molecule has 0 saturated heterocycles. The van der Waals surface area contributed by atoms with Crippen LogP contribution in [0.25, 0.3) is 0 Å². The molecule has 1 atom stereocenters. The second-order valence-electron chi connectivity index (χ2n) is 6.82. The highest BCUT2D eigenvalue weighted by Crippen LogP contribution is 2.35. The number of hydrogen-bond acceptors (Lipinski definition) is 5. The van der Waals surface area contributed by atoms with Gasteiger partial charge in [0, 0.05) is 24.6 Å². The molecule has 0 unspecified atom stereocenters. The van der Waals surface area contributed by atoms with Crippen LogP contribution in [0.4, 0.5) is 29.1 Å². The molecule has 0 fully saturated rings. The molecule has 0 saturated carbocycles. The fourth-order valence-electron chi connectivity index (χ4n) is 3.30. The molecule has 3 heterocycles. The first-order valence-corrected chi connectivity index (χ1v) is 9.00. The van der Waals surface area contributed by atoms with Crippen LogP contribution >= 0.6 is 13.5 Å². The predicted molar refractivity (Wildman–Crippen MR) is 110 cm³/mol. The SMILES string of the molecule is C[C@H]1CN(c2ccc(C(F)(F)F)c(F)c2)C(=O)c2c(C(=O)Nc3cnccn3)cnn21.S. The van der Waals surface area contributed by atoms with Crippen LogP contribution in [-0.4, -0.2) is 38.1 Å². The first-order chi connectivity index (χ1) is 14.7. The lowest BCUT2D eigenvalue weighted by atomic mass is 10.1. The van der Waals surface area contributed by atoms with Crippen molar-refractivity contribution in [2.45, 2.75) is 19.1 Å². The predicted octanol–water partition coefficient (Wildman–Crippen LogP) is 3.42. The van der Waals surface area contributed by atoms with Gasteiger partial charge < -0.3 is 10.2 Å². The second kappa shape index (κ2) is 8.57. The van der Waals surface area contributed by atoms with Gasteiger partial charge in [-0.2, -0.15) is 31.8 Å². The normalized spacial score (nSPS) is 15.7. The Morgan fingerprint density at radius 2 is 1.97 bits per heavy atom. The van der Waals surface area contributed by atoms with E-state index in [-0.39, 0.29) is 42.8 Å². The van der Waals surface area contributed by atoms with Crippen molar-refractivity contribution in [1.82, 2.24) is 19.7 Å². The van der Waals surface area contributed by atoms with Crippen molar-refractivity contribution in [1.29, 1.82) is 0 Å². The summed E-state index contributed by atoms with van der Waals surface area (Å²) in [7, 11) is 0. The molecule has 4 rings (SSSR count). The molecule has 2 amide bonds. The maximum atomic E-state index is 14.1. The Balaban J connectivity index is 0.00000289. The number of hydrogen-bond donors (Lipinski definition) is 1. The zero-order chi connectivity index (χ0) is 22.3. The maximum absolute atomic E-state index is 14.1. The van der Waals surface area contributed by atoms with E-state index in [2.05, 4.69) is 20.4 Å². The molecule has 1 aliphatic heterocycles. The average molecular weight is 468 g/mol. The molecule has 3 aromatic rings. The van der Waals surface area contributed by atoms with Crippen molar-refractivity contribution in [3.05, 3.63) is 65.6 Å². The van der Waals surface area contributed by atoms with Crippen LogP contribution in [-0.2, 0) is 6.18 Å². The van der Waals surface area contributed by atoms with Gasteiger partial charge in [-0.05, 0) is 25.1 Å². The summed E-state index contributed by atoms with van der Waals surface area (Å²) in [5, 5.41) is 6.59. The molecule has 1 aliphatic rings. The summed E-state index contributed by atoms with van der Waals surface area (Å²) in [5.41, 5.74) is -1.61. The van der Waals surface area contributed by atoms with Crippen LogP contribution in [0.1, 0.15) is 39.4 Å². The highest BCUT2D eigenvalue weighted by atomic mass is 32.1. The summed E-state index contributed by atoms with van der Waals surface area (Å²) in [6.45, 7) is 1.74. The Hall–Kier alpha value is -3.48. The van der Waals surface area contributed by atoms with Crippen molar-refractivity contribution < 1.29 is 27.2 Å². The van der Waals surface area contributed by atoms with E-state index < -0.39 is 35.4 Å². The molecule has 32 heavy (non-hydrogen) atoms. The Morgan fingerprint density at radius 3 is 2.59 bits per heavy atom. The van der Waals surface area contributed by atoms with Gasteiger partial charge in [-0.1, -0.05) is 0 Å². The first kappa shape index (κ1) is 23.2. The summed E-state index contributed by atoms with van der Waals surface area (Å²) in [6.07, 6.45) is 0.467. The molecule has 8 nitrogen and oxygen atoms in total. The average Bonchev–Trinajstić information content (AvgIpc) is 3.17. The Labute approximate surface area is 185 Å². The minimum atomic E-state index is -4.86. The number of carbonyl (C=O) groups is 2. The third-order valence-corrected chi connectivity index (χ3v) is 4.73. The fraction of sp³-hybridized carbons (Fsp3) is 0.211. The van der Waals surface area contributed by atoms with E-state index in [1.807, 2.05) is 0 Å². The minimum Gasteiger partial charge on any atom is -0.305 e. The van der Waals surface area contributed by atoms with Gasteiger partial charge in [0.05, 0.1) is 29.6 Å². The molecular formula is C19H16F4N6O2S. The summed E-state index contributed by atoms with van der Waals surface area (Å²) in [6, 6.07) is 1.83. The smallest absolute Gasteiger partial charge is 0.305 e. The van der Waals surface area contributed by atoms with Crippen LogP contribution in [0.15, 0.2) is 43.0 Å². The lowest BCUT2D eigenvalue weighted by molar-refractivity contribution is -0.139. The topological polar surface area (TPSA) is 93.0 Å². The van der Waals surface area contributed by atoms with Crippen LogP contribution in [0.5, 0.6) is 0 Å². The number of fused-ring (bicyclic) bond motifs is 1. The molecule has 1 N–H and O–H groups in total. The van der Waals surface area contributed by atoms with Gasteiger partial charge in [0.25, 0.3) is 11.8 Å². The third kappa shape index (κ3) is 4.15. The van der Waals surface area contributed by atoms with Gasteiger partial charge in [0.2, 0.25) is 0 Å². The molecule has 0 spiro atoms. The summed E-state index contributed by atoms with van der Waals surface area (Å²) >= 11 is 0. The monoisotopic (exact) mass is 468 g/mol. The Kier molecular flexibility index (Phi) is 6.21. The summed E-state index contributed by atoms with van der Waals surface area (Å²) < 4.78 is 54.0. The molecule has 0 bridgehead atoms. The van der Waals surface area contributed by atoms with Gasteiger partial charge in [-0.15, -0.1) is 0 Å². The van der Waals surface area contributed by atoms with Gasteiger partial charge >= 0.3 is 6.18 Å². The number of nitrogens with zero attached hydrogens (tertiary/aromatic N) is 5. The lowest BCUT2D eigenvalue weighted by Crippen LogP contribution is -2.43. The van der Waals surface area contributed by atoms with E-state index in [1.165, 1.54) is 29.5 Å². The number of halogens is 4. The maximum Gasteiger partial charge on any atom is 0.419 e. The Bertz CT molecular complexity index is 1170. The number of aromatic nitrogens is 4. The number of alkyl halides is 3. The zero-order valence-electron chi connectivity index (χ0n) is 16.4. The van der Waals surface area contributed by atoms with Gasteiger partial charge in [0.1, 0.15) is 11.5 Å². The van der Waals surface area contributed by atoms with E-state index in [0.717, 1.165) is 11.0 Å². The lowest BCUT2D eigenvalue weighted by Gasteiger charge is -2.32. The summed E-state index contributed by atoms with van der Waals surface area (Å²) in [4.78, 5) is 34.6. The number of carbonyl (C=O) groups excluding carboxylic acids is 2. The van der Waals surface area contributed by atoms with Crippen molar-refractivity contribution >= 4 is 36.8 Å². The van der Waals surface area contributed by atoms with Gasteiger partial charge in [-0.3, -0.25) is 19.3 Å². The van der Waals surface area contributed by atoms with Crippen LogP contribution in [0, 0.1) is 5.82 Å². The van der Waals surface area contributed by atoms with E-state index >= 15 is 0 Å². The molecule has 1 aromatic carbocycles. The van der Waals surface area contributed by atoms with E-state index in [1.54, 1.807) is 6.92 Å². The van der Waals surface area contributed by atoms with Gasteiger partial charge in [0.15, 0.2) is 5.82 Å².